The average molecular weight is 822 g/mol. The largest absolute Gasteiger partial charge is 0.460 e. The minimum Gasteiger partial charge on any atom is -0.460 e. The van der Waals surface area contributed by atoms with Crippen LogP contribution < -0.4 is 10.1 Å². The molecule has 3 atom stereocenters. The van der Waals surface area contributed by atoms with Crippen LogP contribution >= 0.6 is 0 Å². The molecule has 2 aliphatic carbocycles. The summed E-state index contributed by atoms with van der Waals surface area (Å²) in [5.74, 6) is 2.94. The van der Waals surface area contributed by atoms with Crippen LogP contribution in [0.1, 0.15) is 29.5 Å². The Kier molecular flexibility index (Phi) is 8.20. The van der Waals surface area contributed by atoms with E-state index in [0.29, 0.717) is 0 Å². The number of benzene rings is 8. The molecule has 0 amide bonds. The van der Waals surface area contributed by atoms with Gasteiger partial charge in [-0.3, -0.25) is 4.99 Å². The maximum atomic E-state index is 6.87. The van der Waals surface area contributed by atoms with Gasteiger partial charge < -0.3 is 14.6 Å². The highest BCUT2D eigenvalue weighted by Gasteiger charge is 2.82. The number of ether oxygens (including phenoxy) is 1. The second-order valence-corrected chi connectivity index (χ2v) is 17.5. The molecule has 4 nitrogen and oxygen atoms in total. The summed E-state index contributed by atoms with van der Waals surface area (Å²) in [6.45, 7) is 0. The topological polar surface area (TPSA) is 38.6 Å². The lowest BCUT2D eigenvalue weighted by atomic mass is 9.84. The highest BCUT2D eigenvalue weighted by atomic mass is 16.5. The fraction of sp³-hybridized carbons (Fsp3) is 0.0833. The van der Waals surface area contributed by atoms with E-state index in [1.54, 1.807) is 0 Å². The van der Waals surface area contributed by atoms with Gasteiger partial charge in [-0.15, -0.1) is 0 Å². The number of hydrogen-bond acceptors (Lipinski definition) is 3. The van der Waals surface area contributed by atoms with Crippen molar-refractivity contribution in [2.24, 2.45) is 10.9 Å². The first kappa shape index (κ1) is 36.7. The molecule has 0 saturated heterocycles. The monoisotopic (exact) mass is 821 g/mol. The van der Waals surface area contributed by atoms with Crippen molar-refractivity contribution >= 4 is 33.3 Å². The lowest BCUT2D eigenvalue weighted by Crippen LogP contribution is -2.31. The van der Waals surface area contributed by atoms with Gasteiger partial charge in [-0.2, -0.15) is 0 Å². The SMILES string of the molecule is C1=CC2C3(CCC=C(c4ccc(-c5ccccc5)cc4)NC(c4ccc(-c5ccccc5)cc4)=N3)C23C(=C1)Oc1ccc(-c2ccc4c(c2)c2ccccc2n4-c2ccccc2)cc13. The van der Waals surface area contributed by atoms with Gasteiger partial charge in [0.1, 0.15) is 17.3 Å². The van der Waals surface area contributed by atoms with Gasteiger partial charge in [-0.05, 0) is 100 Å². The molecule has 304 valence electrons. The van der Waals surface area contributed by atoms with Crippen LogP contribution in [0.15, 0.2) is 235 Å². The normalized spacial score (nSPS) is 20.5. The number of fused-ring (bicyclic) bond motifs is 5. The Hall–Kier alpha value is -7.95. The fourth-order valence-electron chi connectivity index (χ4n) is 11.1. The van der Waals surface area contributed by atoms with E-state index in [9.17, 15) is 0 Å². The van der Waals surface area contributed by atoms with E-state index in [1.807, 2.05) is 0 Å². The summed E-state index contributed by atoms with van der Waals surface area (Å²) >= 11 is 0. The van der Waals surface area contributed by atoms with Crippen molar-refractivity contribution in [2.45, 2.75) is 23.8 Å². The molecule has 9 aromatic rings. The van der Waals surface area contributed by atoms with Gasteiger partial charge in [-0.25, -0.2) is 0 Å². The lowest BCUT2D eigenvalue weighted by Gasteiger charge is -2.25. The number of para-hydroxylation sites is 2. The Morgan fingerprint density at radius 2 is 1.11 bits per heavy atom. The van der Waals surface area contributed by atoms with Crippen molar-refractivity contribution in [1.82, 2.24) is 9.88 Å². The molecule has 2 aliphatic heterocycles. The molecule has 4 aliphatic rings. The van der Waals surface area contributed by atoms with Crippen molar-refractivity contribution in [1.29, 1.82) is 0 Å². The zero-order valence-electron chi connectivity index (χ0n) is 35.2. The van der Waals surface area contributed by atoms with Crippen LogP contribution in [0, 0.1) is 5.92 Å². The molecule has 3 heterocycles. The Morgan fingerprint density at radius 1 is 0.531 bits per heavy atom. The Morgan fingerprint density at radius 3 is 1.84 bits per heavy atom. The number of hydrogen-bond donors (Lipinski definition) is 1. The van der Waals surface area contributed by atoms with Gasteiger partial charge in [0.15, 0.2) is 0 Å². The molecular formula is C60H43N3O. The summed E-state index contributed by atoms with van der Waals surface area (Å²) in [4.78, 5) is 5.97. The number of aromatic nitrogens is 1. The molecule has 0 radical (unpaired) electrons. The molecule has 8 aromatic carbocycles. The van der Waals surface area contributed by atoms with Gasteiger partial charge in [0.2, 0.25) is 0 Å². The second-order valence-electron chi connectivity index (χ2n) is 17.5. The van der Waals surface area contributed by atoms with E-state index < -0.39 is 11.0 Å². The van der Waals surface area contributed by atoms with Gasteiger partial charge >= 0.3 is 0 Å². The number of nitrogens with zero attached hydrogens (tertiary/aromatic N) is 2. The third-order valence-electron chi connectivity index (χ3n) is 14.2. The van der Waals surface area contributed by atoms with Crippen LogP contribution in [-0.2, 0) is 5.41 Å². The van der Waals surface area contributed by atoms with Gasteiger partial charge in [-0.1, -0.05) is 176 Å². The van der Waals surface area contributed by atoms with E-state index in [-0.39, 0.29) is 5.92 Å². The van der Waals surface area contributed by atoms with Crippen molar-refractivity contribution in [3.63, 3.8) is 0 Å². The number of amidine groups is 1. The van der Waals surface area contributed by atoms with Crippen LogP contribution in [0.2, 0.25) is 0 Å². The van der Waals surface area contributed by atoms with E-state index in [1.165, 1.54) is 60.8 Å². The highest BCUT2D eigenvalue weighted by Crippen LogP contribution is 2.76. The molecule has 1 N–H and O–H groups in total. The average Bonchev–Trinajstić information content (AvgIpc) is 3.58. The van der Waals surface area contributed by atoms with Crippen molar-refractivity contribution < 1.29 is 4.74 Å². The zero-order chi connectivity index (χ0) is 42.2. The predicted molar refractivity (Wildman–Crippen MR) is 263 cm³/mol. The number of rotatable bonds is 6. The first-order chi connectivity index (χ1) is 31.7. The molecular weight excluding hydrogens is 779 g/mol. The molecule has 13 rings (SSSR count). The maximum Gasteiger partial charge on any atom is 0.133 e. The number of allylic oxidation sites excluding steroid dienone is 3. The lowest BCUT2D eigenvalue weighted by molar-refractivity contribution is 0.399. The number of nitrogens with one attached hydrogen (secondary N) is 1. The quantitative estimate of drug-likeness (QED) is 0.181. The fourth-order valence-corrected chi connectivity index (χ4v) is 11.1. The molecule has 3 unspecified atom stereocenters. The Labute approximate surface area is 372 Å². The van der Waals surface area contributed by atoms with Gasteiger partial charge in [0, 0.05) is 39.2 Å². The summed E-state index contributed by atoms with van der Waals surface area (Å²) in [7, 11) is 0. The van der Waals surface area contributed by atoms with Crippen LogP contribution in [-0.4, -0.2) is 15.9 Å². The first-order valence-electron chi connectivity index (χ1n) is 22.4. The van der Waals surface area contributed by atoms with Crippen LogP contribution in [0.4, 0.5) is 0 Å². The van der Waals surface area contributed by atoms with Crippen LogP contribution in [0.5, 0.6) is 5.75 Å². The minimum atomic E-state index is -0.456. The van der Waals surface area contributed by atoms with Crippen molar-refractivity contribution in [3.05, 3.63) is 247 Å². The van der Waals surface area contributed by atoms with Gasteiger partial charge in [0.25, 0.3) is 0 Å². The molecule has 1 fully saturated rings. The van der Waals surface area contributed by atoms with Crippen LogP contribution in [0.25, 0.3) is 66.6 Å². The Bertz CT molecular complexity index is 3420. The van der Waals surface area contributed by atoms with Gasteiger partial charge in [0.05, 0.1) is 22.0 Å². The number of aliphatic imine (C=N–C) groups is 1. The Balaban J connectivity index is 0.918. The zero-order valence-corrected chi connectivity index (χ0v) is 35.2. The standard InChI is InChI=1S/C60H43N3O/c1-4-14-40(15-5-1)42-25-29-44(30-26-42)52-21-13-37-59(62-58(61-52)45-31-27-43(28-32-45)41-16-6-2-7-17-41)56-23-12-24-57-60(56,59)51-39-47(34-36-55(51)64-57)46-33-35-54-50(38-46)49-20-10-11-22-53(49)63(54)48-18-8-3-9-19-48/h1-12,14-36,38-39,56H,13,37H2,(H,61,62). The summed E-state index contributed by atoms with van der Waals surface area (Å²) in [5.41, 5.74) is 14.3. The molecule has 1 aromatic heterocycles. The highest BCUT2D eigenvalue weighted by molar-refractivity contribution is 6.10. The minimum absolute atomic E-state index is 0.142. The van der Waals surface area contributed by atoms with Crippen molar-refractivity contribution in [3.8, 4) is 44.8 Å². The summed E-state index contributed by atoms with van der Waals surface area (Å²) in [5, 5.41) is 6.41. The second kappa shape index (κ2) is 14.3. The van der Waals surface area contributed by atoms with E-state index in [2.05, 4.69) is 234 Å². The summed E-state index contributed by atoms with van der Waals surface area (Å²) < 4.78 is 9.25. The molecule has 1 saturated carbocycles. The van der Waals surface area contributed by atoms with Crippen LogP contribution in [0.3, 0.4) is 0 Å². The maximum absolute atomic E-state index is 6.87. The molecule has 4 heteroatoms. The summed E-state index contributed by atoms with van der Waals surface area (Å²) in [6.07, 6.45) is 10.9. The first-order valence-corrected chi connectivity index (χ1v) is 22.4. The summed E-state index contributed by atoms with van der Waals surface area (Å²) in [6, 6.07) is 72.1. The third kappa shape index (κ3) is 5.52. The predicted octanol–water partition coefficient (Wildman–Crippen LogP) is 14.1. The van der Waals surface area contributed by atoms with E-state index >= 15 is 0 Å². The molecule has 2 spiro atoms. The van der Waals surface area contributed by atoms with E-state index in [4.69, 9.17) is 9.73 Å². The van der Waals surface area contributed by atoms with Crippen molar-refractivity contribution in [2.75, 3.05) is 0 Å². The van der Waals surface area contributed by atoms with E-state index in [0.717, 1.165) is 52.7 Å². The third-order valence-corrected chi connectivity index (χ3v) is 14.2. The smallest absolute Gasteiger partial charge is 0.133 e. The molecule has 64 heavy (non-hydrogen) atoms. The molecule has 0 bridgehead atoms.